The first-order valence-corrected chi connectivity index (χ1v) is 10.0. The third-order valence-corrected chi connectivity index (χ3v) is 5.02. The highest BCUT2D eigenvalue weighted by atomic mass is 16.5. The van der Waals surface area contributed by atoms with E-state index >= 15 is 0 Å². The monoisotopic (exact) mass is 415 g/mol. The number of hydrogen-bond acceptors (Lipinski definition) is 6. The van der Waals surface area contributed by atoms with E-state index in [1.807, 2.05) is 48.5 Å². The van der Waals surface area contributed by atoms with Gasteiger partial charge in [-0.15, -0.1) is 0 Å². The Kier molecular flexibility index (Phi) is 5.20. The molecular formula is C23H21N5O3. The molecule has 31 heavy (non-hydrogen) atoms. The minimum Gasteiger partial charge on any atom is -0.492 e. The Hall–Kier alpha value is -3.91. The van der Waals surface area contributed by atoms with E-state index in [9.17, 15) is 4.79 Å². The average Bonchev–Trinajstić information content (AvgIpc) is 3.04. The second-order valence-corrected chi connectivity index (χ2v) is 7.22. The van der Waals surface area contributed by atoms with Crippen LogP contribution in [0.15, 0.2) is 60.8 Å². The highest BCUT2D eigenvalue weighted by molar-refractivity contribution is 5.86. The van der Waals surface area contributed by atoms with Crippen LogP contribution < -0.4 is 15.4 Å². The van der Waals surface area contributed by atoms with Crippen LogP contribution >= 0.6 is 0 Å². The summed E-state index contributed by atoms with van der Waals surface area (Å²) < 4.78 is 11.0. The highest BCUT2D eigenvalue weighted by Gasteiger charge is 2.13. The summed E-state index contributed by atoms with van der Waals surface area (Å²) in [6.07, 6.45) is 1.19. The van der Waals surface area contributed by atoms with Gasteiger partial charge in [0.2, 0.25) is 5.95 Å². The number of amides is 1. The summed E-state index contributed by atoms with van der Waals surface area (Å²) in [6, 6.07) is 17.6. The number of carbonyl (C=O) groups excluding carboxylic acids is 1. The fourth-order valence-corrected chi connectivity index (χ4v) is 3.47. The summed E-state index contributed by atoms with van der Waals surface area (Å²) in [6.45, 7) is 2.45. The largest absolute Gasteiger partial charge is 0.492 e. The van der Waals surface area contributed by atoms with E-state index < -0.39 is 6.09 Å². The van der Waals surface area contributed by atoms with Gasteiger partial charge in [0.15, 0.2) is 5.65 Å². The van der Waals surface area contributed by atoms with Gasteiger partial charge in [-0.25, -0.2) is 9.78 Å². The number of carbonyl (C=O) groups is 1. The molecule has 0 aliphatic carbocycles. The summed E-state index contributed by atoms with van der Waals surface area (Å²) in [7, 11) is 0. The number of imidazole rings is 1. The van der Waals surface area contributed by atoms with Crippen molar-refractivity contribution in [3.63, 3.8) is 0 Å². The summed E-state index contributed by atoms with van der Waals surface area (Å²) in [5.74, 6) is 1.20. The number of pyridine rings is 1. The second-order valence-electron chi connectivity index (χ2n) is 7.22. The predicted molar refractivity (Wildman–Crippen MR) is 117 cm³/mol. The molecule has 0 fully saturated rings. The van der Waals surface area contributed by atoms with Crippen molar-refractivity contribution in [1.29, 1.82) is 0 Å². The van der Waals surface area contributed by atoms with Crippen LogP contribution in [0.4, 0.5) is 10.7 Å². The van der Waals surface area contributed by atoms with Crippen molar-refractivity contribution in [3.05, 3.63) is 71.9 Å². The Morgan fingerprint density at radius 1 is 1.13 bits per heavy atom. The first-order chi connectivity index (χ1) is 15.2. The van der Waals surface area contributed by atoms with E-state index in [1.165, 1.54) is 0 Å². The molecule has 2 aromatic heterocycles. The van der Waals surface area contributed by atoms with Gasteiger partial charge in [-0.3, -0.25) is 5.32 Å². The molecule has 4 aromatic rings. The van der Waals surface area contributed by atoms with Gasteiger partial charge in [0.1, 0.15) is 19.0 Å². The maximum atomic E-state index is 12.1. The number of nitrogens with one attached hydrogen (secondary N) is 3. The molecule has 3 heterocycles. The molecule has 1 aliphatic rings. The van der Waals surface area contributed by atoms with Gasteiger partial charge in [0.05, 0.1) is 5.52 Å². The molecule has 1 amide bonds. The minimum absolute atomic E-state index is 0.187. The molecule has 1 aliphatic heterocycles. The maximum Gasteiger partial charge on any atom is 0.414 e. The van der Waals surface area contributed by atoms with Gasteiger partial charge < -0.3 is 19.8 Å². The maximum absolute atomic E-state index is 12.1. The van der Waals surface area contributed by atoms with Gasteiger partial charge in [-0.2, -0.15) is 4.98 Å². The lowest BCUT2D eigenvalue weighted by molar-refractivity contribution is 0.155. The molecule has 5 rings (SSSR count). The lowest BCUT2D eigenvalue weighted by Crippen LogP contribution is -2.16. The van der Waals surface area contributed by atoms with E-state index in [0.29, 0.717) is 12.3 Å². The molecule has 0 bridgehead atoms. The molecule has 8 nitrogen and oxygen atoms in total. The first kappa shape index (κ1) is 19.1. The molecule has 0 saturated heterocycles. The van der Waals surface area contributed by atoms with Gasteiger partial charge in [-0.05, 0) is 29.3 Å². The number of anilines is 1. The number of benzene rings is 2. The van der Waals surface area contributed by atoms with E-state index in [0.717, 1.165) is 46.6 Å². The van der Waals surface area contributed by atoms with E-state index in [-0.39, 0.29) is 12.6 Å². The molecule has 0 spiro atoms. The zero-order valence-corrected chi connectivity index (χ0v) is 16.7. The Bertz CT molecular complexity index is 1220. The van der Waals surface area contributed by atoms with Crippen molar-refractivity contribution < 1.29 is 14.3 Å². The number of nitrogens with zero attached hydrogens (tertiary/aromatic N) is 2. The summed E-state index contributed by atoms with van der Waals surface area (Å²) >= 11 is 0. The van der Waals surface area contributed by atoms with Crippen LogP contribution in [0.2, 0.25) is 0 Å². The second kappa shape index (κ2) is 8.45. The Morgan fingerprint density at radius 2 is 2.03 bits per heavy atom. The Morgan fingerprint density at radius 3 is 2.94 bits per heavy atom. The smallest absolute Gasteiger partial charge is 0.414 e. The zero-order chi connectivity index (χ0) is 21.0. The van der Waals surface area contributed by atoms with Crippen LogP contribution in [0.1, 0.15) is 11.1 Å². The van der Waals surface area contributed by atoms with Crippen LogP contribution in [-0.4, -0.2) is 34.2 Å². The van der Waals surface area contributed by atoms with E-state index in [4.69, 9.17) is 9.47 Å². The SMILES string of the molecule is O=C(Nc1nc2ncc(-c3ccc4c(c3)CNCCO4)cc2[nH]1)OCc1ccccc1. The van der Waals surface area contributed by atoms with Crippen molar-refractivity contribution >= 4 is 23.2 Å². The summed E-state index contributed by atoms with van der Waals surface area (Å²) in [4.78, 5) is 23.9. The molecular weight excluding hydrogens is 394 g/mol. The number of rotatable bonds is 4. The number of ether oxygens (including phenoxy) is 2. The number of hydrogen-bond donors (Lipinski definition) is 3. The third kappa shape index (κ3) is 4.34. The van der Waals surface area contributed by atoms with Gasteiger partial charge in [0, 0.05) is 30.4 Å². The number of H-pyrrole nitrogens is 1. The van der Waals surface area contributed by atoms with E-state index in [2.05, 4.69) is 31.7 Å². The molecule has 156 valence electrons. The van der Waals surface area contributed by atoms with Crippen molar-refractivity contribution in [2.24, 2.45) is 0 Å². The highest BCUT2D eigenvalue weighted by Crippen LogP contribution is 2.28. The molecule has 0 atom stereocenters. The third-order valence-electron chi connectivity index (χ3n) is 5.02. The average molecular weight is 415 g/mol. The van der Waals surface area contributed by atoms with Gasteiger partial charge in [0.25, 0.3) is 0 Å². The summed E-state index contributed by atoms with van der Waals surface area (Å²) in [5.41, 5.74) is 5.24. The van der Waals surface area contributed by atoms with Gasteiger partial charge >= 0.3 is 6.09 Å². The Balaban J connectivity index is 1.31. The molecule has 0 radical (unpaired) electrons. The number of fused-ring (bicyclic) bond motifs is 2. The first-order valence-electron chi connectivity index (χ1n) is 10.0. The Labute approximate surface area is 178 Å². The van der Waals surface area contributed by atoms with Crippen LogP contribution in [0, 0.1) is 0 Å². The standard InChI is InChI=1S/C23H21N5O3/c29-23(31-14-15-4-2-1-3-5-15)28-22-26-19-11-17(13-25-21(19)27-22)16-6-7-20-18(10-16)12-24-8-9-30-20/h1-7,10-11,13,24H,8-9,12,14H2,(H2,25,26,27,28,29). The lowest BCUT2D eigenvalue weighted by atomic mass is 10.0. The minimum atomic E-state index is -0.582. The van der Waals surface area contributed by atoms with Crippen LogP contribution in [-0.2, 0) is 17.9 Å². The lowest BCUT2D eigenvalue weighted by Gasteiger charge is -2.09. The quantitative estimate of drug-likeness (QED) is 0.468. The zero-order valence-electron chi connectivity index (χ0n) is 16.7. The van der Waals surface area contributed by atoms with Crippen LogP contribution in [0.3, 0.4) is 0 Å². The van der Waals surface area contributed by atoms with Crippen molar-refractivity contribution in [2.45, 2.75) is 13.2 Å². The van der Waals surface area contributed by atoms with Crippen molar-refractivity contribution in [2.75, 3.05) is 18.5 Å². The molecule has 8 heteroatoms. The van der Waals surface area contributed by atoms with Crippen molar-refractivity contribution in [1.82, 2.24) is 20.3 Å². The molecule has 2 aromatic carbocycles. The van der Waals surface area contributed by atoms with Crippen LogP contribution in [0.5, 0.6) is 5.75 Å². The fourth-order valence-electron chi connectivity index (χ4n) is 3.47. The summed E-state index contributed by atoms with van der Waals surface area (Å²) in [5, 5.41) is 5.96. The number of aromatic nitrogens is 3. The molecule has 3 N–H and O–H groups in total. The van der Waals surface area contributed by atoms with Crippen molar-refractivity contribution in [3.8, 4) is 16.9 Å². The topological polar surface area (TPSA) is 101 Å². The van der Waals surface area contributed by atoms with Crippen LogP contribution in [0.25, 0.3) is 22.3 Å². The normalized spacial score (nSPS) is 13.2. The van der Waals surface area contributed by atoms with Gasteiger partial charge in [-0.1, -0.05) is 36.4 Å². The van der Waals surface area contributed by atoms with E-state index in [1.54, 1.807) is 6.20 Å². The molecule has 0 saturated carbocycles. The number of aromatic amines is 1. The predicted octanol–water partition coefficient (Wildman–Crippen LogP) is 3.86. The molecule has 0 unspecified atom stereocenters. The fraction of sp³-hybridized carbons (Fsp3) is 0.174.